The Balaban J connectivity index is 2.43. The van der Waals surface area contributed by atoms with E-state index in [1.54, 1.807) is 0 Å². The Morgan fingerprint density at radius 1 is 1.32 bits per heavy atom. The number of Topliss-reactive ketones (excluding diaryl/α,β-unsaturated/α-hetero) is 1. The molecule has 1 aromatic rings. The molecule has 0 aliphatic heterocycles. The molecule has 1 aliphatic carbocycles. The van der Waals surface area contributed by atoms with Crippen molar-refractivity contribution in [2.45, 2.75) is 26.7 Å². The van der Waals surface area contributed by atoms with Gasteiger partial charge in [0.05, 0.1) is 0 Å². The largest absolute Gasteiger partial charge is 0.480 e. The van der Waals surface area contributed by atoms with Crippen molar-refractivity contribution in [3.63, 3.8) is 0 Å². The topological polar surface area (TPSA) is 108 Å². The number of aromatic amines is 1. The number of amides is 1. The summed E-state index contributed by atoms with van der Waals surface area (Å²) in [5.41, 5.74) is -0.185. The number of hydrogen-bond acceptors (Lipinski definition) is 4. The Kier molecular flexibility index (Phi) is 3.91. The van der Waals surface area contributed by atoms with Crippen LogP contribution >= 0.6 is 0 Å². The summed E-state index contributed by atoms with van der Waals surface area (Å²) < 4.78 is 0. The third kappa shape index (κ3) is 3.08. The summed E-state index contributed by atoms with van der Waals surface area (Å²) in [6.45, 7) is 3.36. The summed E-state index contributed by atoms with van der Waals surface area (Å²) in [4.78, 5) is 50.6. The van der Waals surface area contributed by atoms with Crippen LogP contribution in [0.2, 0.25) is 0 Å². The van der Waals surface area contributed by atoms with Crippen molar-refractivity contribution in [1.82, 2.24) is 9.88 Å². The molecular weight excluding hydrogens is 288 g/mol. The quantitative estimate of drug-likeness (QED) is 0.854. The molecule has 0 saturated heterocycles. The number of nitrogens with one attached hydrogen (secondary N) is 1. The molecule has 0 bridgehead atoms. The van der Waals surface area contributed by atoms with Gasteiger partial charge in [0, 0.05) is 24.7 Å². The average Bonchev–Trinajstić information content (AvgIpc) is 2.34. The molecule has 118 valence electrons. The van der Waals surface area contributed by atoms with Crippen LogP contribution in [0.25, 0.3) is 0 Å². The van der Waals surface area contributed by atoms with Crippen LogP contribution in [0.5, 0.6) is 0 Å². The summed E-state index contributed by atoms with van der Waals surface area (Å²) in [6, 6.07) is 1.28. The first-order chi connectivity index (χ1) is 10.1. The number of H-pyrrole nitrogens is 1. The van der Waals surface area contributed by atoms with Crippen molar-refractivity contribution < 1.29 is 19.5 Å². The standard InChI is InChI=1S/C15H18N2O5/c1-15(2)5-10-8(11(18)6-15)4-9(13(21)16-10)14(22)17(3)7-12(19)20/h4H,5-7H2,1-3H3,(H,16,21)(H,19,20). The lowest BCUT2D eigenvalue weighted by Crippen LogP contribution is -2.37. The fourth-order valence-electron chi connectivity index (χ4n) is 2.67. The van der Waals surface area contributed by atoms with Gasteiger partial charge >= 0.3 is 5.97 Å². The molecule has 0 saturated carbocycles. The van der Waals surface area contributed by atoms with Crippen LogP contribution in [-0.2, 0) is 11.2 Å². The van der Waals surface area contributed by atoms with E-state index in [2.05, 4.69) is 4.98 Å². The van der Waals surface area contributed by atoms with Gasteiger partial charge in [0.2, 0.25) is 0 Å². The zero-order valence-corrected chi connectivity index (χ0v) is 12.7. The SMILES string of the molecule is CN(CC(=O)O)C(=O)c1cc2c([nH]c1=O)CC(C)(C)CC2=O. The maximum atomic E-state index is 12.2. The van der Waals surface area contributed by atoms with Crippen LogP contribution in [0.4, 0.5) is 0 Å². The number of aliphatic carboxylic acids is 1. The molecule has 0 spiro atoms. The molecule has 1 aromatic heterocycles. The van der Waals surface area contributed by atoms with Crippen LogP contribution in [-0.4, -0.2) is 46.2 Å². The summed E-state index contributed by atoms with van der Waals surface area (Å²) in [6.07, 6.45) is 0.882. The van der Waals surface area contributed by atoms with Gasteiger partial charge in [-0.05, 0) is 17.9 Å². The Hall–Kier alpha value is -2.44. The smallest absolute Gasteiger partial charge is 0.323 e. The van der Waals surface area contributed by atoms with Crippen molar-refractivity contribution >= 4 is 17.7 Å². The van der Waals surface area contributed by atoms with Gasteiger partial charge in [-0.15, -0.1) is 0 Å². The number of hydrogen-bond donors (Lipinski definition) is 2. The van der Waals surface area contributed by atoms with Crippen molar-refractivity contribution in [3.05, 3.63) is 33.2 Å². The van der Waals surface area contributed by atoms with Gasteiger partial charge in [0.25, 0.3) is 11.5 Å². The number of carboxylic acids is 1. The Morgan fingerprint density at radius 3 is 2.55 bits per heavy atom. The molecule has 0 fully saturated rings. The molecule has 7 heteroatoms. The number of carbonyl (C=O) groups excluding carboxylic acids is 2. The predicted octanol–water partition coefficient (Wildman–Crippen LogP) is 0.687. The van der Waals surface area contributed by atoms with E-state index in [0.717, 1.165) is 4.90 Å². The lowest BCUT2D eigenvalue weighted by Gasteiger charge is -2.29. The molecule has 1 heterocycles. The molecule has 1 amide bonds. The van der Waals surface area contributed by atoms with E-state index in [1.807, 2.05) is 13.8 Å². The molecule has 2 rings (SSSR count). The van der Waals surface area contributed by atoms with Crippen molar-refractivity contribution in [2.75, 3.05) is 13.6 Å². The highest BCUT2D eigenvalue weighted by atomic mass is 16.4. The fraction of sp³-hybridized carbons (Fsp3) is 0.467. The first-order valence-corrected chi connectivity index (χ1v) is 6.87. The van der Waals surface area contributed by atoms with Gasteiger partial charge in [-0.1, -0.05) is 13.8 Å². The molecule has 7 nitrogen and oxygen atoms in total. The lowest BCUT2D eigenvalue weighted by atomic mass is 9.75. The molecule has 0 unspecified atom stereocenters. The second-order valence-electron chi connectivity index (χ2n) is 6.40. The lowest BCUT2D eigenvalue weighted by molar-refractivity contribution is -0.137. The molecule has 2 N–H and O–H groups in total. The molecule has 0 atom stereocenters. The van der Waals surface area contributed by atoms with Crippen molar-refractivity contribution in [1.29, 1.82) is 0 Å². The summed E-state index contributed by atoms with van der Waals surface area (Å²) in [5.74, 6) is -2.02. The van der Waals surface area contributed by atoms with Crippen LogP contribution in [0.1, 0.15) is 46.7 Å². The van der Waals surface area contributed by atoms with Gasteiger partial charge in [-0.3, -0.25) is 19.2 Å². The maximum absolute atomic E-state index is 12.2. The minimum Gasteiger partial charge on any atom is -0.480 e. The second-order valence-corrected chi connectivity index (χ2v) is 6.40. The summed E-state index contributed by atoms with van der Waals surface area (Å²) in [7, 11) is 1.29. The normalized spacial score (nSPS) is 16.0. The number of fused-ring (bicyclic) bond motifs is 1. The number of carboxylic acid groups (broad SMARTS) is 1. The van der Waals surface area contributed by atoms with Crippen LogP contribution in [0.3, 0.4) is 0 Å². The number of pyridine rings is 1. The van der Waals surface area contributed by atoms with Gasteiger partial charge in [-0.2, -0.15) is 0 Å². The first kappa shape index (κ1) is 15.9. The van der Waals surface area contributed by atoms with E-state index in [4.69, 9.17) is 5.11 Å². The average molecular weight is 306 g/mol. The monoisotopic (exact) mass is 306 g/mol. The summed E-state index contributed by atoms with van der Waals surface area (Å²) in [5, 5.41) is 8.71. The zero-order chi connectivity index (χ0) is 16.7. The molecular formula is C15H18N2O5. The van der Waals surface area contributed by atoms with Crippen LogP contribution in [0, 0.1) is 5.41 Å². The highest BCUT2D eigenvalue weighted by Gasteiger charge is 2.33. The van der Waals surface area contributed by atoms with E-state index < -0.39 is 24.0 Å². The Morgan fingerprint density at radius 2 is 1.95 bits per heavy atom. The van der Waals surface area contributed by atoms with Crippen molar-refractivity contribution in [2.24, 2.45) is 5.41 Å². The number of rotatable bonds is 3. The van der Waals surface area contributed by atoms with E-state index in [1.165, 1.54) is 13.1 Å². The molecule has 0 aromatic carbocycles. The molecule has 0 radical (unpaired) electrons. The minimum atomic E-state index is -1.18. The van der Waals surface area contributed by atoms with E-state index in [9.17, 15) is 19.2 Å². The van der Waals surface area contributed by atoms with E-state index >= 15 is 0 Å². The third-order valence-corrected chi connectivity index (χ3v) is 3.67. The second kappa shape index (κ2) is 5.40. The van der Waals surface area contributed by atoms with Crippen molar-refractivity contribution in [3.8, 4) is 0 Å². The van der Waals surface area contributed by atoms with Crippen LogP contribution < -0.4 is 5.56 Å². The first-order valence-electron chi connectivity index (χ1n) is 6.87. The number of carbonyl (C=O) groups is 3. The third-order valence-electron chi connectivity index (χ3n) is 3.67. The summed E-state index contributed by atoms with van der Waals surface area (Å²) >= 11 is 0. The Bertz CT molecular complexity index is 717. The van der Waals surface area contributed by atoms with Gasteiger partial charge in [-0.25, -0.2) is 0 Å². The highest BCUT2D eigenvalue weighted by molar-refractivity contribution is 6.02. The Labute approximate surface area is 126 Å². The number of nitrogens with zero attached hydrogens (tertiary/aromatic N) is 1. The molecule has 22 heavy (non-hydrogen) atoms. The minimum absolute atomic E-state index is 0.127. The van der Waals surface area contributed by atoms with E-state index in [0.29, 0.717) is 24.1 Å². The number of ketones is 1. The highest BCUT2D eigenvalue weighted by Crippen LogP contribution is 2.33. The van der Waals surface area contributed by atoms with Gasteiger partial charge < -0.3 is 15.0 Å². The predicted molar refractivity (Wildman–Crippen MR) is 78.1 cm³/mol. The van der Waals surface area contributed by atoms with E-state index in [-0.39, 0.29) is 16.8 Å². The zero-order valence-electron chi connectivity index (χ0n) is 12.7. The van der Waals surface area contributed by atoms with Gasteiger partial charge in [0.15, 0.2) is 5.78 Å². The maximum Gasteiger partial charge on any atom is 0.323 e. The molecule has 1 aliphatic rings. The fourth-order valence-corrected chi connectivity index (χ4v) is 2.67. The van der Waals surface area contributed by atoms with Crippen LogP contribution in [0.15, 0.2) is 10.9 Å². The van der Waals surface area contributed by atoms with Gasteiger partial charge in [0.1, 0.15) is 12.1 Å². The number of likely N-dealkylation sites (N-methyl/N-ethyl adjacent to an activating group) is 1. The number of aromatic nitrogens is 1.